The molecule has 0 aliphatic heterocycles. The quantitative estimate of drug-likeness (QED) is 0.672. The molecule has 0 amide bonds. The van der Waals surface area contributed by atoms with Crippen LogP contribution >= 0.6 is 0 Å². The van der Waals surface area contributed by atoms with E-state index in [-0.39, 0.29) is 21.1 Å². The number of benzene rings is 1. The van der Waals surface area contributed by atoms with Gasteiger partial charge in [0.1, 0.15) is 0 Å². The number of pyridine rings is 1. The molecule has 0 unspecified atom stereocenters. The Morgan fingerprint density at radius 1 is 1.27 bits per heavy atom. The van der Waals surface area contributed by atoms with Crippen molar-refractivity contribution < 1.29 is 31.0 Å². The Hall–Kier alpha value is -1.51. The van der Waals surface area contributed by atoms with Crippen molar-refractivity contribution in [3.63, 3.8) is 0 Å². The summed E-state index contributed by atoms with van der Waals surface area (Å²) in [5.74, 6) is -0.729. The van der Waals surface area contributed by atoms with Gasteiger partial charge in [-0.2, -0.15) is 0 Å². The predicted octanol–water partition coefficient (Wildman–Crippen LogP) is 4.08. The maximum atomic E-state index is 10.0. The van der Waals surface area contributed by atoms with Gasteiger partial charge in [0.15, 0.2) is 0 Å². The van der Waals surface area contributed by atoms with Crippen LogP contribution in [0, 0.1) is 12.0 Å². The van der Waals surface area contributed by atoms with Crippen LogP contribution in [0.2, 0.25) is 0 Å². The number of rotatable bonds is 4. The number of aromatic nitrogens is 1. The number of carboxylic acids is 1. The summed E-state index contributed by atoms with van der Waals surface area (Å²) in [6.07, 6.45) is 2.23. The van der Waals surface area contributed by atoms with Crippen LogP contribution in [0.5, 0.6) is 0 Å². The summed E-state index contributed by atoms with van der Waals surface area (Å²) in [5.41, 5.74) is 8.97. The Morgan fingerprint density at radius 3 is 2.36 bits per heavy atom. The van der Waals surface area contributed by atoms with E-state index in [0.717, 1.165) is 11.3 Å². The molecule has 2 aromatic rings. The molecular weight excluding hydrogens is 459 g/mol. The first-order valence-corrected chi connectivity index (χ1v) is 6.82. The molecule has 0 saturated heterocycles. The van der Waals surface area contributed by atoms with Gasteiger partial charge in [0.05, 0.1) is 0 Å². The molecule has 0 spiro atoms. The van der Waals surface area contributed by atoms with Gasteiger partial charge in [-0.25, -0.2) is 0 Å². The second kappa shape index (κ2) is 11.1. The minimum absolute atomic E-state index is 0. The van der Waals surface area contributed by atoms with E-state index >= 15 is 0 Å². The predicted molar refractivity (Wildman–Crippen MR) is 83.7 cm³/mol. The van der Waals surface area contributed by atoms with Gasteiger partial charge in [0, 0.05) is 6.20 Å². The number of aliphatic carboxylic acids is 1. The van der Waals surface area contributed by atoms with Crippen molar-refractivity contribution in [1.29, 1.82) is 0 Å². The summed E-state index contributed by atoms with van der Waals surface area (Å²) in [6.45, 7) is 3.81. The van der Waals surface area contributed by atoms with Gasteiger partial charge < -0.3 is 15.8 Å². The summed E-state index contributed by atoms with van der Waals surface area (Å²) >= 11 is 0. The van der Waals surface area contributed by atoms with Crippen LogP contribution < -0.4 is 0 Å². The summed E-state index contributed by atoms with van der Waals surface area (Å²) in [5, 5.41) is 8.24. The van der Waals surface area contributed by atoms with Crippen molar-refractivity contribution in [1.82, 2.24) is 4.98 Å². The van der Waals surface area contributed by atoms with Crippen LogP contribution in [0.15, 0.2) is 48.7 Å². The van der Waals surface area contributed by atoms with Gasteiger partial charge in [-0.1, -0.05) is 32.4 Å². The van der Waals surface area contributed by atoms with Gasteiger partial charge in [-0.05, 0) is 23.7 Å². The molecule has 0 aliphatic carbocycles. The van der Waals surface area contributed by atoms with Gasteiger partial charge in [0.2, 0.25) is 0 Å². The van der Waals surface area contributed by atoms with E-state index in [1.54, 1.807) is 6.20 Å². The summed E-state index contributed by atoms with van der Waals surface area (Å²) < 4.78 is 0. The van der Waals surface area contributed by atoms with E-state index in [0.29, 0.717) is 12.3 Å². The smallest absolute Gasteiger partial charge is 0.665 e. The third kappa shape index (κ3) is 8.06. The SMILES string of the molecule is CC(C)C[C@H]([NH-])C(=O)O.[Pt+2].[c-]1ccccc1-c1ccccn1. The Kier molecular flexibility index (Phi) is 10.3. The number of nitrogens with one attached hydrogen (secondary N) is 1. The Balaban J connectivity index is 0.000000402. The van der Waals surface area contributed by atoms with Crippen molar-refractivity contribution in [3.05, 3.63) is 60.5 Å². The standard InChI is InChI=1S/C11H8N.C6H12NO2.Pt/c1-2-6-10(7-3-1)11-8-4-5-9-12-11;1-4(2)3-5(7)6(8)9;/h1-6,8-9H;4-5,7H,3H2,1-2H3,(H,8,9);/q2*-1;+2/t;5-;/m.0./s1. The maximum absolute atomic E-state index is 10.0. The molecule has 0 bridgehead atoms. The average Bonchev–Trinajstić information content (AvgIpc) is 2.49. The topological polar surface area (TPSA) is 74.0 Å². The molecule has 5 heteroatoms. The molecule has 120 valence electrons. The number of nitrogens with zero attached hydrogens (tertiary/aromatic N) is 1. The first-order chi connectivity index (χ1) is 10.0. The minimum atomic E-state index is -1.02. The number of carbonyl (C=O) groups is 1. The summed E-state index contributed by atoms with van der Waals surface area (Å²) in [7, 11) is 0. The largest absolute Gasteiger partial charge is 2.00 e. The van der Waals surface area contributed by atoms with E-state index in [4.69, 9.17) is 10.8 Å². The number of hydrogen-bond acceptors (Lipinski definition) is 2. The normalized spacial score (nSPS) is 10.9. The van der Waals surface area contributed by atoms with Crippen molar-refractivity contribution in [2.24, 2.45) is 5.92 Å². The fourth-order valence-corrected chi connectivity index (χ4v) is 1.65. The third-order valence-electron chi connectivity index (χ3n) is 2.66. The molecule has 4 nitrogen and oxygen atoms in total. The molecule has 1 aromatic heterocycles. The van der Waals surface area contributed by atoms with Crippen molar-refractivity contribution >= 4 is 5.97 Å². The van der Waals surface area contributed by atoms with E-state index in [9.17, 15) is 4.79 Å². The Labute approximate surface area is 146 Å². The van der Waals surface area contributed by atoms with Crippen LogP contribution in [0.3, 0.4) is 0 Å². The van der Waals surface area contributed by atoms with E-state index in [2.05, 4.69) is 11.1 Å². The van der Waals surface area contributed by atoms with E-state index in [1.807, 2.05) is 56.3 Å². The Bertz CT molecular complexity index is 495. The second-order valence-corrected chi connectivity index (χ2v) is 5.01. The summed E-state index contributed by atoms with van der Waals surface area (Å²) in [4.78, 5) is 14.3. The fraction of sp³-hybridized carbons (Fsp3) is 0.294. The molecule has 0 aliphatic rings. The maximum Gasteiger partial charge on any atom is 2.00 e. The number of hydrogen-bond donors (Lipinski definition) is 1. The first kappa shape index (κ1) is 20.5. The minimum Gasteiger partial charge on any atom is -0.665 e. The van der Waals surface area contributed by atoms with Crippen LogP contribution in [0.4, 0.5) is 0 Å². The zero-order valence-corrected chi connectivity index (χ0v) is 14.9. The summed E-state index contributed by atoms with van der Waals surface area (Å²) in [6, 6.07) is 15.9. The van der Waals surface area contributed by atoms with Crippen LogP contribution in [-0.4, -0.2) is 22.1 Å². The zero-order chi connectivity index (χ0) is 15.7. The van der Waals surface area contributed by atoms with Gasteiger partial charge >= 0.3 is 21.1 Å². The average molecular weight is 479 g/mol. The van der Waals surface area contributed by atoms with Crippen molar-refractivity contribution in [2.75, 3.05) is 0 Å². The van der Waals surface area contributed by atoms with E-state index in [1.165, 1.54) is 0 Å². The molecule has 2 rings (SSSR count). The van der Waals surface area contributed by atoms with Crippen molar-refractivity contribution in [2.45, 2.75) is 26.3 Å². The van der Waals surface area contributed by atoms with Crippen LogP contribution in [-0.2, 0) is 25.9 Å². The van der Waals surface area contributed by atoms with Gasteiger partial charge in [-0.3, -0.25) is 4.79 Å². The van der Waals surface area contributed by atoms with Crippen molar-refractivity contribution in [3.8, 4) is 11.3 Å². The molecule has 0 fully saturated rings. The zero-order valence-electron chi connectivity index (χ0n) is 12.6. The van der Waals surface area contributed by atoms with Gasteiger partial charge in [-0.15, -0.1) is 35.9 Å². The molecule has 0 radical (unpaired) electrons. The molecule has 22 heavy (non-hydrogen) atoms. The first-order valence-electron chi connectivity index (χ1n) is 6.82. The molecule has 1 atom stereocenters. The second-order valence-electron chi connectivity index (χ2n) is 5.01. The number of carboxylic acid groups (broad SMARTS) is 1. The Morgan fingerprint density at radius 2 is 1.95 bits per heavy atom. The van der Waals surface area contributed by atoms with Crippen LogP contribution in [0.1, 0.15) is 20.3 Å². The molecule has 1 heterocycles. The fourth-order valence-electron chi connectivity index (χ4n) is 1.65. The third-order valence-corrected chi connectivity index (χ3v) is 2.66. The van der Waals surface area contributed by atoms with E-state index < -0.39 is 12.0 Å². The molecule has 0 saturated carbocycles. The van der Waals surface area contributed by atoms with Gasteiger partial charge in [0.25, 0.3) is 5.97 Å². The molecule has 2 N–H and O–H groups in total. The monoisotopic (exact) mass is 479 g/mol. The molecular formula is C17H20N2O2Pt. The molecule has 1 aromatic carbocycles. The van der Waals surface area contributed by atoms with Crippen LogP contribution in [0.25, 0.3) is 17.0 Å².